The van der Waals surface area contributed by atoms with Crippen LogP contribution in [0.4, 0.5) is 0 Å². The molecule has 1 aromatic rings. The van der Waals surface area contributed by atoms with Gasteiger partial charge >= 0.3 is 5.97 Å². The van der Waals surface area contributed by atoms with Crippen molar-refractivity contribution in [3.05, 3.63) is 29.8 Å². The van der Waals surface area contributed by atoms with E-state index < -0.39 is 107 Å². The normalized spacial score (nSPS) is 13.9. The van der Waals surface area contributed by atoms with Gasteiger partial charge in [-0.15, -0.1) is 0 Å². The van der Waals surface area contributed by atoms with Crippen LogP contribution in [-0.4, -0.2) is 99.3 Å². The summed E-state index contributed by atoms with van der Waals surface area (Å²) < 4.78 is 0. The molecule has 12 N–H and O–H groups in total. The lowest BCUT2D eigenvalue weighted by atomic mass is 9.97. The van der Waals surface area contributed by atoms with Crippen molar-refractivity contribution < 1.29 is 48.6 Å². The van der Waals surface area contributed by atoms with Crippen LogP contribution in [0.1, 0.15) is 67.4 Å². The first-order valence-corrected chi connectivity index (χ1v) is 16.3. The number of hydrogen-bond acceptors (Lipinski definition) is 10. The molecule has 18 nitrogen and oxygen atoms in total. The summed E-state index contributed by atoms with van der Waals surface area (Å²) >= 11 is 0. The highest BCUT2D eigenvalue weighted by Crippen LogP contribution is 2.14. The lowest BCUT2D eigenvalue weighted by Gasteiger charge is -2.33. The van der Waals surface area contributed by atoms with E-state index in [1.54, 1.807) is 39.8 Å². The van der Waals surface area contributed by atoms with Crippen molar-refractivity contribution in [3.63, 3.8) is 0 Å². The minimum absolute atomic E-state index is 0.0428. The number of nitrogens with one attached hydrogen (secondary N) is 6. The number of aromatic hydroxyl groups is 1. The highest BCUT2D eigenvalue weighted by atomic mass is 16.4. The van der Waals surface area contributed by atoms with Crippen LogP contribution in [-0.2, 0) is 44.8 Å². The Morgan fingerprint density at radius 1 is 0.706 bits per heavy atom. The molecule has 1 rings (SSSR count). The fourth-order valence-corrected chi connectivity index (χ4v) is 4.51. The van der Waals surface area contributed by atoms with Crippen LogP contribution in [0.15, 0.2) is 24.3 Å². The minimum atomic E-state index is -1.75. The van der Waals surface area contributed by atoms with Gasteiger partial charge in [0.1, 0.15) is 35.0 Å². The van der Waals surface area contributed by atoms with Crippen molar-refractivity contribution in [2.75, 3.05) is 6.54 Å². The maximum Gasteiger partial charge on any atom is 0.305 e. The molecule has 0 fully saturated rings. The van der Waals surface area contributed by atoms with Gasteiger partial charge in [-0.25, -0.2) is 0 Å². The molecule has 0 unspecified atom stereocenters. The number of aliphatic carboxylic acids is 1. The Hall–Kier alpha value is -5.26. The molecule has 0 heterocycles. The summed E-state index contributed by atoms with van der Waals surface area (Å²) in [4.78, 5) is 101. The predicted molar refractivity (Wildman–Crippen MR) is 184 cm³/mol. The molecular weight excluding hydrogens is 668 g/mol. The Balaban J connectivity index is 3.04. The first kappa shape index (κ1) is 43.8. The summed E-state index contributed by atoms with van der Waals surface area (Å²) in [5, 5.41) is 33.6. The van der Waals surface area contributed by atoms with E-state index in [0.29, 0.717) is 5.56 Å². The lowest BCUT2D eigenvalue weighted by molar-refractivity contribution is -0.142. The van der Waals surface area contributed by atoms with Crippen LogP contribution in [0.5, 0.6) is 5.75 Å². The van der Waals surface area contributed by atoms with Crippen LogP contribution >= 0.6 is 0 Å². The van der Waals surface area contributed by atoms with Crippen LogP contribution in [0, 0.1) is 11.8 Å². The van der Waals surface area contributed by atoms with Crippen molar-refractivity contribution >= 4 is 47.3 Å². The second-order valence-corrected chi connectivity index (χ2v) is 13.9. The highest BCUT2D eigenvalue weighted by Gasteiger charge is 2.40. The van der Waals surface area contributed by atoms with Crippen molar-refractivity contribution in [2.45, 2.75) is 103 Å². The zero-order chi connectivity index (χ0) is 39.4. The Labute approximate surface area is 296 Å². The smallest absolute Gasteiger partial charge is 0.305 e. The topological polar surface area (TPSA) is 301 Å². The molecular formula is C33H52N8O10. The Morgan fingerprint density at radius 3 is 1.69 bits per heavy atom. The molecule has 4 atom stereocenters. The summed E-state index contributed by atoms with van der Waals surface area (Å²) in [6, 6.07) is 0.913. The monoisotopic (exact) mass is 720 g/mol. The van der Waals surface area contributed by atoms with Crippen molar-refractivity contribution in [3.8, 4) is 5.75 Å². The molecule has 0 bridgehead atoms. The number of primary amides is 1. The van der Waals surface area contributed by atoms with Crippen molar-refractivity contribution in [2.24, 2.45) is 23.3 Å². The molecule has 18 heteroatoms. The molecule has 0 aliphatic carbocycles. The number of benzene rings is 1. The second kappa shape index (κ2) is 18.7. The molecule has 0 aliphatic heterocycles. The number of hydrogen-bond donors (Lipinski definition) is 10. The van der Waals surface area contributed by atoms with E-state index in [2.05, 4.69) is 31.9 Å². The molecule has 51 heavy (non-hydrogen) atoms. The van der Waals surface area contributed by atoms with E-state index in [1.807, 2.05) is 0 Å². The Morgan fingerprint density at radius 2 is 1.20 bits per heavy atom. The van der Waals surface area contributed by atoms with E-state index in [-0.39, 0.29) is 12.2 Å². The van der Waals surface area contributed by atoms with Crippen LogP contribution < -0.4 is 43.4 Å². The molecule has 1 aromatic carbocycles. The molecule has 0 saturated heterocycles. The standard InChI is InChI=1S/C33H52N8O10/c1-16(2)24(28(48)36-15-22(35)43)39-29(49)25(17(3)4)38-27(47)21(14-23(44)45)37-30(50)32(5,6)41-31(51)33(7,8)40-26(46)20(34)13-18-9-11-19(42)12-10-18/h9-12,16-17,20-21,24-25,42H,13-15,34H2,1-8H3,(H2,35,43)(H,36,48)(H,37,50)(H,38,47)(H,39,49)(H,40,46)(H,41,51)(H,44,45)/t20-,21-,24-,25-/m0/s1. The number of phenols is 1. The third-order valence-corrected chi connectivity index (χ3v) is 7.66. The average Bonchev–Trinajstić information content (AvgIpc) is 3.00. The molecule has 7 amide bonds. The third kappa shape index (κ3) is 14.2. The summed E-state index contributed by atoms with van der Waals surface area (Å²) in [7, 11) is 0. The minimum Gasteiger partial charge on any atom is -0.508 e. The van der Waals surface area contributed by atoms with Crippen LogP contribution in [0.3, 0.4) is 0 Å². The quantitative estimate of drug-likeness (QED) is 0.0738. The number of carboxylic acid groups (broad SMARTS) is 1. The van der Waals surface area contributed by atoms with Gasteiger partial charge < -0.3 is 53.6 Å². The van der Waals surface area contributed by atoms with Gasteiger partial charge in [-0.05, 0) is 63.6 Å². The first-order valence-electron chi connectivity index (χ1n) is 16.3. The number of phenolic OH excluding ortho intramolecular Hbond substituents is 1. The maximum absolute atomic E-state index is 13.4. The SMILES string of the molecule is CC(C)[C@H](NC(=O)[C@H](CC(=O)O)NC(=O)C(C)(C)NC(=O)C(C)(C)NC(=O)[C@@H](N)Cc1ccc(O)cc1)C(=O)N[C@H](C(=O)NCC(N)=O)C(C)C. The van der Waals surface area contributed by atoms with Crippen molar-refractivity contribution in [1.29, 1.82) is 0 Å². The predicted octanol–water partition coefficient (Wildman–Crippen LogP) is -2.11. The van der Waals surface area contributed by atoms with Gasteiger partial charge in [-0.2, -0.15) is 0 Å². The fraction of sp³-hybridized carbons (Fsp3) is 0.576. The van der Waals surface area contributed by atoms with E-state index >= 15 is 0 Å². The molecule has 0 aromatic heterocycles. The number of nitrogens with two attached hydrogens (primary N) is 2. The van der Waals surface area contributed by atoms with Gasteiger partial charge in [0.05, 0.1) is 19.0 Å². The molecule has 0 radical (unpaired) electrons. The van der Waals surface area contributed by atoms with E-state index in [4.69, 9.17) is 11.5 Å². The number of amides is 7. The third-order valence-electron chi connectivity index (χ3n) is 7.66. The van der Waals surface area contributed by atoms with Crippen LogP contribution in [0.25, 0.3) is 0 Å². The lowest BCUT2D eigenvalue weighted by Crippen LogP contribution is -2.65. The summed E-state index contributed by atoms with van der Waals surface area (Å²) in [6.07, 6.45) is -0.784. The first-order chi connectivity index (χ1) is 23.4. The molecule has 284 valence electrons. The summed E-state index contributed by atoms with van der Waals surface area (Å²) in [5.74, 6) is -8.16. The number of carbonyl (C=O) groups excluding carboxylic acids is 7. The highest BCUT2D eigenvalue weighted by molar-refractivity contribution is 6.00. The van der Waals surface area contributed by atoms with E-state index in [9.17, 15) is 48.6 Å². The van der Waals surface area contributed by atoms with Gasteiger partial charge in [0.2, 0.25) is 41.4 Å². The summed E-state index contributed by atoms with van der Waals surface area (Å²) in [6.45, 7) is 11.3. The zero-order valence-corrected chi connectivity index (χ0v) is 30.2. The van der Waals surface area contributed by atoms with Crippen molar-refractivity contribution in [1.82, 2.24) is 31.9 Å². The molecule has 0 spiro atoms. The molecule has 0 aliphatic rings. The average molecular weight is 721 g/mol. The summed E-state index contributed by atoms with van der Waals surface area (Å²) in [5.41, 5.74) is 8.43. The largest absolute Gasteiger partial charge is 0.508 e. The maximum atomic E-state index is 13.4. The molecule has 0 saturated carbocycles. The van der Waals surface area contributed by atoms with E-state index in [0.717, 1.165) is 0 Å². The van der Waals surface area contributed by atoms with Crippen LogP contribution in [0.2, 0.25) is 0 Å². The van der Waals surface area contributed by atoms with E-state index in [1.165, 1.54) is 39.8 Å². The van der Waals surface area contributed by atoms with Gasteiger partial charge in [0.25, 0.3) is 0 Å². The van der Waals surface area contributed by atoms with Gasteiger partial charge in [0, 0.05) is 0 Å². The van der Waals surface area contributed by atoms with Gasteiger partial charge in [-0.1, -0.05) is 39.8 Å². The number of rotatable bonds is 19. The second-order valence-electron chi connectivity index (χ2n) is 13.9. The van der Waals surface area contributed by atoms with Gasteiger partial charge in [-0.3, -0.25) is 38.4 Å². The number of carboxylic acids is 1. The van der Waals surface area contributed by atoms with Gasteiger partial charge in [0.15, 0.2) is 0 Å². The Bertz CT molecular complexity index is 1460. The fourth-order valence-electron chi connectivity index (χ4n) is 4.51. The zero-order valence-electron chi connectivity index (χ0n) is 30.2. The Kier molecular flexibility index (Phi) is 16.0. The number of carbonyl (C=O) groups is 8.